The summed E-state index contributed by atoms with van der Waals surface area (Å²) in [6.45, 7) is 8.69. The van der Waals surface area contributed by atoms with Crippen molar-refractivity contribution in [2.75, 3.05) is 6.61 Å². The Morgan fingerprint density at radius 1 is 0.429 bits per heavy atom. The summed E-state index contributed by atoms with van der Waals surface area (Å²) in [4.78, 5) is 67.4. The lowest BCUT2D eigenvalue weighted by Gasteiger charge is -2.45. The molecule has 2 fully saturated rings. The van der Waals surface area contributed by atoms with Gasteiger partial charge in [-0.15, -0.1) is 11.8 Å². The SMILES string of the molecule is CCCCCCCCCCCC(=O)OC[C@H]1O[C@@H](SC2CCC(=O)C2)[C@H](OC(=O)CCCCCCCCCCC)[C@@H](OC(=O)CCCCCCCCCCC)[C@H]1OC(=O)CCCCCCCCCCC. The molecule has 0 N–H and O–H groups in total. The Bertz CT molecular complexity index is 1330. The first kappa shape index (κ1) is 64.0. The standard InChI is InChI=1S/C59H106O10S/c1-5-9-13-17-21-25-29-33-37-41-52(61)65-48-51-56(67-53(62)42-38-34-30-26-22-18-14-10-6-2)57(68-54(63)43-39-35-31-27-23-19-15-11-7-3)58(59(66-51)70-50-46-45-49(60)47-50)69-55(64)44-40-36-32-28-24-20-16-12-8-4/h50-51,56-59H,5-48H2,1-4H3/t50?,51-,56+,57+,58-,59+/m1/s1. The fraction of sp³-hybridized carbons (Fsp3) is 0.915. The number of ether oxygens (including phenoxy) is 5. The molecule has 2 aliphatic rings. The fourth-order valence-corrected chi connectivity index (χ4v) is 11.3. The smallest absolute Gasteiger partial charge is 0.306 e. The summed E-state index contributed by atoms with van der Waals surface area (Å²) >= 11 is 1.41. The minimum absolute atomic E-state index is 0.0880. The van der Waals surface area contributed by atoms with Crippen molar-refractivity contribution in [3.8, 4) is 0 Å². The van der Waals surface area contributed by atoms with Gasteiger partial charge in [-0.25, -0.2) is 0 Å². The Balaban J connectivity index is 2.30. The third-order valence-corrected chi connectivity index (χ3v) is 15.7. The molecule has 11 heteroatoms. The van der Waals surface area contributed by atoms with Crippen molar-refractivity contribution < 1.29 is 47.7 Å². The summed E-state index contributed by atoms with van der Waals surface area (Å²) in [6, 6.07) is 0. The molecule has 0 amide bonds. The van der Waals surface area contributed by atoms with Gasteiger partial charge in [-0.2, -0.15) is 0 Å². The summed E-state index contributed by atoms with van der Waals surface area (Å²) in [5.74, 6) is -1.51. The summed E-state index contributed by atoms with van der Waals surface area (Å²) < 4.78 is 31.7. The van der Waals surface area contributed by atoms with Gasteiger partial charge in [-0.1, -0.05) is 233 Å². The zero-order valence-electron chi connectivity index (χ0n) is 45.6. The van der Waals surface area contributed by atoms with Crippen LogP contribution in [-0.4, -0.2) is 71.4 Å². The lowest BCUT2D eigenvalue weighted by molar-refractivity contribution is -0.239. The summed E-state index contributed by atoms with van der Waals surface area (Å²) in [5, 5.41) is -0.0880. The third-order valence-electron chi connectivity index (χ3n) is 14.3. The number of hydrogen-bond acceptors (Lipinski definition) is 11. The Morgan fingerprint density at radius 3 is 1.09 bits per heavy atom. The van der Waals surface area contributed by atoms with Crippen LogP contribution in [0.1, 0.15) is 304 Å². The van der Waals surface area contributed by atoms with Gasteiger partial charge in [0.1, 0.15) is 23.9 Å². The number of thioether (sulfide) groups is 1. The quantitative estimate of drug-likeness (QED) is 0.0328. The number of esters is 4. The first-order valence-electron chi connectivity index (χ1n) is 29.8. The van der Waals surface area contributed by atoms with Crippen LogP contribution in [-0.2, 0) is 47.7 Å². The van der Waals surface area contributed by atoms with E-state index in [1.165, 1.54) is 140 Å². The molecule has 6 atom stereocenters. The molecule has 2 rings (SSSR count). The number of carbonyl (C=O) groups is 5. The molecule has 0 aromatic rings. The molecular weight excluding hydrogens is 901 g/mol. The minimum atomic E-state index is -1.19. The van der Waals surface area contributed by atoms with Crippen LogP contribution >= 0.6 is 11.8 Å². The second kappa shape index (κ2) is 44.4. The van der Waals surface area contributed by atoms with Crippen LogP contribution in [0.2, 0.25) is 0 Å². The second-order valence-electron chi connectivity index (χ2n) is 20.9. The Morgan fingerprint density at radius 2 is 0.743 bits per heavy atom. The van der Waals surface area contributed by atoms with Gasteiger partial charge in [0.15, 0.2) is 18.3 Å². The van der Waals surface area contributed by atoms with Crippen LogP contribution in [0.5, 0.6) is 0 Å². The van der Waals surface area contributed by atoms with Crippen molar-refractivity contribution in [2.24, 2.45) is 0 Å². The van der Waals surface area contributed by atoms with Crippen LogP contribution in [0.25, 0.3) is 0 Å². The molecule has 1 heterocycles. The predicted octanol–water partition coefficient (Wildman–Crippen LogP) is 16.5. The van der Waals surface area contributed by atoms with Gasteiger partial charge in [-0.3, -0.25) is 24.0 Å². The number of hydrogen-bond donors (Lipinski definition) is 0. The molecule has 0 radical (unpaired) electrons. The molecule has 1 aliphatic carbocycles. The van der Waals surface area contributed by atoms with Crippen LogP contribution in [0.15, 0.2) is 0 Å². The number of ketones is 1. The number of Topliss-reactive ketones (excluding diaryl/α,β-unsaturated/α-hetero) is 1. The minimum Gasteiger partial charge on any atom is -0.463 e. The van der Waals surface area contributed by atoms with Crippen molar-refractivity contribution >= 4 is 41.4 Å². The predicted molar refractivity (Wildman–Crippen MR) is 287 cm³/mol. The molecule has 1 aliphatic heterocycles. The molecule has 1 saturated heterocycles. The van der Waals surface area contributed by atoms with E-state index in [-0.39, 0.29) is 49.3 Å². The molecule has 1 saturated carbocycles. The molecule has 0 spiro atoms. The molecular formula is C59H106O10S. The highest BCUT2D eigenvalue weighted by Crippen LogP contribution is 2.40. The van der Waals surface area contributed by atoms with Crippen LogP contribution < -0.4 is 0 Å². The largest absolute Gasteiger partial charge is 0.463 e. The van der Waals surface area contributed by atoms with Crippen molar-refractivity contribution in [3.05, 3.63) is 0 Å². The lowest BCUT2D eigenvalue weighted by atomic mass is 9.98. The highest BCUT2D eigenvalue weighted by Gasteiger charge is 2.53. The molecule has 408 valence electrons. The highest BCUT2D eigenvalue weighted by molar-refractivity contribution is 8.00. The maximum atomic E-state index is 13.9. The van der Waals surface area contributed by atoms with Crippen molar-refractivity contribution in [1.29, 1.82) is 0 Å². The molecule has 0 bridgehead atoms. The average molecular weight is 1010 g/mol. The van der Waals surface area contributed by atoms with Gasteiger partial charge in [0.05, 0.1) is 0 Å². The third kappa shape index (κ3) is 32.8. The monoisotopic (exact) mass is 1010 g/mol. The first-order valence-corrected chi connectivity index (χ1v) is 30.7. The second-order valence-corrected chi connectivity index (χ2v) is 22.3. The van der Waals surface area contributed by atoms with E-state index in [9.17, 15) is 24.0 Å². The number of carbonyl (C=O) groups excluding carboxylic acids is 5. The maximum Gasteiger partial charge on any atom is 0.306 e. The van der Waals surface area contributed by atoms with Gasteiger partial charge in [0.25, 0.3) is 0 Å². The highest BCUT2D eigenvalue weighted by atomic mass is 32.2. The van der Waals surface area contributed by atoms with Crippen LogP contribution in [0, 0.1) is 0 Å². The Kier molecular flexibility index (Phi) is 40.5. The Hall–Kier alpha value is -2.14. The van der Waals surface area contributed by atoms with E-state index in [4.69, 9.17) is 23.7 Å². The van der Waals surface area contributed by atoms with E-state index in [1.807, 2.05) is 0 Å². The van der Waals surface area contributed by atoms with Crippen molar-refractivity contribution in [1.82, 2.24) is 0 Å². The van der Waals surface area contributed by atoms with Gasteiger partial charge in [0, 0.05) is 43.8 Å². The summed E-state index contributed by atoms with van der Waals surface area (Å²) in [6.07, 6.45) is 37.9. The van der Waals surface area contributed by atoms with E-state index < -0.39 is 47.8 Å². The van der Waals surface area contributed by atoms with E-state index >= 15 is 0 Å². The van der Waals surface area contributed by atoms with E-state index in [0.29, 0.717) is 38.5 Å². The molecule has 0 aromatic carbocycles. The number of unbranched alkanes of at least 4 members (excludes halogenated alkanes) is 32. The Labute approximate surface area is 432 Å². The zero-order valence-corrected chi connectivity index (χ0v) is 46.4. The average Bonchev–Trinajstić information content (AvgIpc) is 3.76. The van der Waals surface area contributed by atoms with Gasteiger partial charge >= 0.3 is 23.9 Å². The normalized spacial score (nSPS) is 20.1. The molecule has 1 unspecified atom stereocenters. The lowest BCUT2D eigenvalue weighted by Crippen LogP contribution is -2.62. The van der Waals surface area contributed by atoms with E-state index in [0.717, 1.165) is 83.5 Å². The van der Waals surface area contributed by atoms with Gasteiger partial charge in [-0.05, 0) is 32.1 Å². The van der Waals surface area contributed by atoms with Crippen LogP contribution in [0.3, 0.4) is 0 Å². The summed E-state index contributed by atoms with van der Waals surface area (Å²) in [5.41, 5.74) is -0.846. The first-order chi connectivity index (χ1) is 34.2. The number of rotatable bonds is 47. The molecule has 70 heavy (non-hydrogen) atoms. The van der Waals surface area contributed by atoms with Gasteiger partial charge < -0.3 is 23.7 Å². The topological polar surface area (TPSA) is 132 Å². The zero-order chi connectivity index (χ0) is 50.7. The van der Waals surface area contributed by atoms with Crippen LogP contribution in [0.4, 0.5) is 0 Å². The molecule has 0 aromatic heterocycles. The van der Waals surface area contributed by atoms with Gasteiger partial charge in [0.2, 0.25) is 0 Å². The van der Waals surface area contributed by atoms with Crippen molar-refractivity contribution in [3.63, 3.8) is 0 Å². The maximum absolute atomic E-state index is 13.9. The fourth-order valence-electron chi connectivity index (χ4n) is 9.81. The van der Waals surface area contributed by atoms with Crippen molar-refractivity contribution in [2.45, 2.75) is 339 Å². The van der Waals surface area contributed by atoms with E-state index in [2.05, 4.69) is 27.7 Å². The van der Waals surface area contributed by atoms with E-state index in [1.54, 1.807) is 0 Å². The summed E-state index contributed by atoms with van der Waals surface area (Å²) in [7, 11) is 0. The molecule has 10 nitrogen and oxygen atoms in total.